The molecule has 140 valence electrons. The summed E-state index contributed by atoms with van der Waals surface area (Å²) in [4.78, 5) is 2.22. The van der Waals surface area contributed by atoms with Gasteiger partial charge in [0.2, 0.25) is 0 Å². The molecular weight excluding hydrogens is 334 g/mol. The van der Waals surface area contributed by atoms with Crippen LogP contribution in [0.5, 0.6) is 5.75 Å². The molecule has 3 N–H and O–H groups in total. The van der Waals surface area contributed by atoms with Crippen LogP contribution in [0.1, 0.15) is 30.5 Å². The maximum absolute atomic E-state index is 9.78. The van der Waals surface area contributed by atoms with E-state index in [9.17, 15) is 5.11 Å². The third kappa shape index (κ3) is 3.19. The van der Waals surface area contributed by atoms with Crippen molar-refractivity contribution in [2.45, 2.75) is 25.9 Å². The van der Waals surface area contributed by atoms with Gasteiger partial charge >= 0.3 is 0 Å². The zero-order valence-corrected chi connectivity index (χ0v) is 16.0. The van der Waals surface area contributed by atoms with Gasteiger partial charge in [-0.2, -0.15) is 0 Å². The Morgan fingerprint density at radius 3 is 2.41 bits per heavy atom. The van der Waals surface area contributed by atoms with Crippen molar-refractivity contribution in [3.8, 4) is 5.75 Å². The number of aromatic hydroxyl groups is 1. The van der Waals surface area contributed by atoms with E-state index in [2.05, 4.69) is 47.4 Å². The zero-order chi connectivity index (χ0) is 19.6. The first-order valence-electron chi connectivity index (χ1n) is 9.25. The molecule has 2 aromatic rings. The topological polar surface area (TPSA) is 47.5 Å². The van der Waals surface area contributed by atoms with E-state index in [-0.39, 0.29) is 5.75 Å². The minimum absolute atomic E-state index is 0.262. The molecule has 4 rings (SSSR count). The third-order valence-electron chi connectivity index (χ3n) is 5.02. The van der Waals surface area contributed by atoms with Gasteiger partial charge in [0.1, 0.15) is 11.3 Å². The number of nitrogens with one attached hydrogen (secondary N) is 2. The average molecular weight is 361 g/mol. The van der Waals surface area contributed by atoms with Crippen LogP contribution in [0.15, 0.2) is 79.8 Å². The molecular formula is C23H27N3O. The van der Waals surface area contributed by atoms with Crippen molar-refractivity contribution in [1.29, 1.82) is 0 Å². The quantitative estimate of drug-likeness (QED) is 0.764. The van der Waals surface area contributed by atoms with Gasteiger partial charge in [-0.05, 0) is 23.3 Å². The van der Waals surface area contributed by atoms with Crippen molar-refractivity contribution < 1.29 is 5.11 Å². The lowest BCUT2D eigenvalue weighted by Crippen LogP contribution is -2.46. The van der Waals surface area contributed by atoms with Gasteiger partial charge in [0, 0.05) is 23.5 Å². The number of phenols is 1. The summed E-state index contributed by atoms with van der Waals surface area (Å²) < 4.78 is 0. The Hall–Kier alpha value is -3.14. The first-order valence-corrected chi connectivity index (χ1v) is 9.25. The van der Waals surface area contributed by atoms with E-state index in [1.165, 1.54) is 5.56 Å². The molecule has 0 bridgehead atoms. The van der Waals surface area contributed by atoms with E-state index in [4.69, 9.17) is 0 Å². The van der Waals surface area contributed by atoms with Gasteiger partial charge in [0.15, 0.2) is 0 Å². The second-order valence-electron chi connectivity index (χ2n) is 6.62. The zero-order valence-electron chi connectivity index (χ0n) is 16.0. The van der Waals surface area contributed by atoms with Crippen LogP contribution < -0.4 is 10.6 Å². The van der Waals surface area contributed by atoms with Gasteiger partial charge in [0.05, 0.1) is 12.4 Å². The maximum Gasteiger partial charge on any atom is 0.121 e. The van der Waals surface area contributed by atoms with Crippen LogP contribution in [-0.2, 0) is 12.1 Å². The number of rotatable bonds is 3. The fourth-order valence-corrected chi connectivity index (χ4v) is 3.73. The molecule has 2 aromatic carbocycles. The molecule has 2 aliphatic rings. The van der Waals surface area contributed by atoms with Crippen LogP contribution in [0.4, 0.5) is 0 Å². The molecule has 0 amide bonds. The van der Waals surface area contributed by atoms with E-state index < -0.39 is 5.54 Å². The molecule has 27 heavy (non-hydrogen) atoms. The van der Waals surface area contributed by atoms with Crippen molar-refractivity contribution in [2.75, 3.05) is 6.54 Å². The van der Waals surface area contributed by atoms with E-state index in [1.54, 1.807) is 12.1 Å². The Kier molecular flexibility index (Phi) is 5.00. The largest absolute Gasteiger partial charge is 0.508 e. The van der Waals surface area contributed by atoms with Crippen LogP contribution in [0, 0.1) is 0 Å². The maximum atomic E-state index is 9.78. The summed E-state index contributed by atoms with van der Waals surface area (Å²) in [6, 6.07) is 15.7. The Balaban J connectivity index is 0.00000102. The van der Waals surface area contributed by atoms with Gasteiger partial charge in [-0.1, -0.05) is 70.0 Å². The minimum Gasteiger partial charge on any atom is -0.508 e. The van der Waals surface area contributed by atoms with Gasteiger partial charge in [-0.25, -0.2) is 0 Å². The molecule has 1 atom stereocenters. The average Bonchev–Trinajstić information content (AvgIpc) is 3.14. The van der Waals surface area contributed by atoms with Gasteiger partial charge < -0.3 is 20.6 Å². The molecule has 2 heterocycles. The van der Waals surface area contributed by atoms with E-state index in [0.717, 1.165) is 34.9 Å². The van der Waals surface area contributed by atoms with Crippen LogP contribution in [0.25, 0.3) is 5.70 Å². The van der Waals surface area contributed by atoms with Crippen molar-refractivity contribution in [3.05, 3.63) is 96.5 Å². The van der Waals surface area contributed by atoms with E-state index >= 15 is 0 Å². The normalized spacial score (nSPS) is 20.5. The first-order chi connectivity index (χ1) is 13.0. The molecule has 4 nitrogen and oxygen atoms in total. The molecule has 0 aromatic heterocycles. The summed E-state index contributed by atoms with van der Waals surface area (Å²) in [7, 11) is 0. The highest BCUT2D eigenvalue weighted by atomic mass is 16.3. The first kappa shape index (κ1) is 18.6. The molecule has 1 unspecified atom stereocenters. The second kappa shape index (κ2) is 7.23. The molecule has 1 saturated heterocycles. The highest BCUT2D eigenvalue weighted by molar-refractivity contribution is 5.70. The number of hydrogen-bond donors (Lipinski definition) is 3. The van der Waals surface area contributed by atoms with Crippen molar-refractivity contribution >= 4 is 5.70 Å². The summed E-state index contributed by atoms with van der Waals surface area (Å²) in [6.45, 7) is 17.9. The van der Waals surface area contributed by atoms with Crippen LogP contribution in [0.2, 0.25) is 0 Å². The predicted molar refractivity (Wildman–Crippen MR) is 112 cm³/mol. The molecule has 0 spiro atoms. The fourth-order valence-electron chi connectivity index (χ4n) is 3.73. The standard InChI is InChI=1S/C21H21N3O.C2H6/c1-14-20-11-19(25)10-9-17(20)12-24(14)13-21(15(2)22-16(3)23-21)18-7-5-4-6-8-18;1-2/h4-11,22-23,25H,1-3,12-13H2;1-2H3. The van der Waals surface area contributed by atoms with E-state index in [1.807, 2.05) is 38.1 Å². The SMILES string of the molecule is C=C1NC(=C)C(CN2Cc3ccc(O)cc3C2=C)(c2ccccc2)N1.CC. The van der Waals surface area contributed by atoms with Crippen molar-refractivity contribution in [3.63, 3.8) is 0 Å². The number of fused-ring (bicyclic) bond motifs is 1. The monoisotopic (exact) mass is 361 g/mol. The third-order valence-corrected chi connectivity index (χ3v) is 5.02. The highest BCUT2D eigenvalue weighted by Gasteiger charge is 2.43. The van der Waals surface area contributed by atoms with Crippen LogP contribution in [0.3, 0.4) is 0 Å². The Labute approximate surface area is 161 Å². The van der Waals surface area contributed by atoms with Crippen molar-refractivity contribution in [2.24, 2.45) is 0 Å². The lowest BCUT2D eigenvalue weighted by atomic mass is 9.87. The molecule has 0 saturated carbocycles. The number of hydrogen-bond acceptors (Lipinski definition) is 4. The molecule has 2 aliphatic heterocycles. The molecule has 4 heteroatoms. The smallest absolute Gasteiger partial charge is 0.121 e. The molecule has 0 radical (unpaired) electrons. The fraction of sp³-hybridized carbons (Fsp3) is 0.217. The van der Waals surface area contributed by atoms with Gasteiger partial charge in [-0.15, -0.1) is 0 Å². The Morgan fingerprint density at radius 2 is 1.78 bits per heavy atom. The lowest BCUT2D eigenvalue weighted by molar-refractivity contribution is 0.303. The lowest BCUT2D eigenvalue weighted by Gasteiger charge is -2.35. The highest BCUT2D eigenvalue weighted by Crippen LogP contribution is 2.39. The summed E-state index contributed by atoms with van der Waals surface area (Å²) in [5.74, 6) is 1.01. The van der Waals surface area contributed by atoms with Crippen LogP contribution in [-0.4, -0.2) is 16.6 Å². The predicted octanol–water partition coefficient (Wildman–Crippen LogP) is 4.28. The summed E-state index contributed by atoms with van der Waals surface area (Å²) in [6.07, 6.45) is 0. The molecule has 0 aliphatic carbocycles. The van der Waals surface area contributed by atoms with Crippen LogP contribution >= 0.6 is 0 Å². The number of phenolic OH excluding ortho intramolecular Hbond substituents is 1. The second-order valence-corrected chi connectivity index (χ2v) is 6.62. The van der Waals surface area contributed by atoms with Gasteiger partial charge in [0.25, 0.3) is 0 Å². The summed E-state index contributed by atoms with van der Waals surface area (Å²) >= 11 is 0. The number of nitrogens with zero attached hydrogens (tertiary/aromatic N) is 1. The minimum atomic E-state index is -0.481. The summed E-state index contributed by atoms with van der Waals surface area (Å²) in [5.41, 5.74) is 4.59. The van der Waals surface area contributed by atoms with Crippen molar-refractivity contribution in [1.82, 2.24) is 15.5 Å². The molecule has 1 fully saturated rings. The number of benzene rings is 2. The summed E-state index contributed by atoms with van der Waals surface area (Å²) in [5, 5.41) is 16.5. The Bertz CT molecular complexity index is 888. The van der Waals surface area contributed by atoms with Gasteiger partial charge in [-0.3, -0.25) is 0 Å². The Morgan fingerprint density at radius 1 is 1.07 bits per heavy atom. The van der Waals surface area contributed by atoms with E-state index in [0.29, 0.717) is 6.54 Å².